The number of nitrogen functional groups attached to an aromatic ring is 1. The Morgan fingerprint density at radius 1 is 1.16 bits per heavy atom. The molecule has 1 heterocycles. The number of nitrogens with two attached hydrogens (primary N) is 1. The molecule has 0 aliphatic heterocycles. The van der Waals surface area contributed by atoms with Crippen molar-refractivity contribution in [2.75, 3.05) is 33.0 Å². The third kappa shape index (κ3) is 3.93. The molecule has 0 spiro atoms. The van der Waals surface area contributed by atoms with Crippen molar-refractivity contribution in [2.45, 2.75) is 0 Å². The van der Waals surface area contributed by atoms with Crippen LogP contribution < -0.4 is 10.5 Å². The van der Waals surface area contributed by atoms with Gasteiger partial charge in [0.2, 0.25) is 5.95 Å². The normalized spacial score (nSPS) is 10.7. The topological polar surface area (TPSA) is 64.3 Å². The number of anilines is 1. The Hall–Kier alpha value is -2.14. The maximum absolute atomic E-state index is 5.63. The minimum Gasteiger partial charge on any atom is -0.492 e. The summed E-state index contributed by atoms with van der Waals surface area (Å²) in [4.78, 5) is 10.1. The van der Waals surface area contributed by atoms with Gasteiger partial charge in [0.25, 0.3) is 0 Å². The van der Waals surface area contributed by atoms with Crippen LogP contribution in [0.25, 0.3) is 11.3 Å². The van der Waals surface area contributed by atoms with Gasteiger partial charge in [-0.3, -0.25) is 0 Å². The highest BCUT2D eigenvalue weighted by Gasteiger charge is 2.01. The number of benzene rings is 1. The van der Waals surface area contributed by atoms with Crippen molar-refractivity contribution >= 4 is 5.95 Å². The van der Waals surface area contributed by atoms with Crippen molar-refractivity contribution in [3.05, 3.63) is 36.5 Å². The Morgan fingerprint density at radius 2 is 1.89 bits per heavy atom. The molecule has 0 amide bonds. The van der Waals surface area contributed by atoms with Gasteiger partial charge in [0.1, 0.15) is 12.4 Å². The SMILES string of the molecule is CN(C)CCOc1ccc(-c2ccnc(N)n2)cc1. The van der Waals surface area contributed by atoms with E-state index in [4.69, 9.17) is 10.5 Å². The molecule has 5 heteroatoms. The zero-order valence-corrected chi connectivity index (χ0v) is 11.2. The van der Waals surface area contributed by atoms with Crippen LogP contribution in [0.2, 0.25) is 0 Å². The molecule has 1 aromatic heterocycles. The minimum absolute atomic E-state index is 0.281. The third-order valence-electron chi connectivity index (χ3n) is 2.63. The summed E-state index contributed by atoms with van der Waals surface area (Å²) >= 11 is 0. The Morgan fingerprint density at radius 3 is 2.53 bits per heavy atom. The van der Waals surface area contributed by atoms with Crippen molar-refractivity contribution in [2.24, 2.45) is 0 Å². The predicted molar refractivity (Wildman–Crippen MR) is 75.9 cm³/mol. The smallest absolute Gasteiger partial charge is 0.220 e. The van der Waals surface area contributed by atoms with E-state index in [0.717, 1.165) is 23.6 Å². The molecule has 2 aromatic rings. The summed E-state index contributed by atoms with van der Waals surface area (Å²) < 4.78 is 5.63. The van der Waals surface area contributed by atoms with Crippen LogP contribution in [0.15, 0.2) is 36.5 Å². The quantitative estimate of drug-likeness (QED) is 0.883. The van der Waals surface area contributed by atoms with E-state index in [0.29, 0.717) is 6.61 Å². The molecule has 0 saturated heterocycles. The average Bonchev–Trinajstić information content (AvgIpc) is 2.39. The molecule has 0 saturated carbocycles. The number of hydrogen-bond donors (Lipinski definition) is 1. The summed E-state index contributed by atoms with van der Waals surface area (Å²) in [5, 5.41) is 0. The van der Waals surface area contributed by atoms with E-state index in [-0.39, 0.29) is 5.95 Å². The van der Waals surface area contributed by atoms with Crippen molar-refractivity contribution in [3.8, 4) is 17.0 Å². The molecule has 1 aromatic carbocycles. The first-order valence-corrected chi connectivity index (χ1v) is 6.11. The molecule has 0 bridgehead atoms. The highest BCUT2D eigenvalue weighted by molar-refractivity contribution is 5.60. The Bertz CT molecular complexity index is 525. The second-order valence-electron chi connectivity index (χ2n) is 4.48. The van der Waals surface area contributed by atoms with Crippen LogP contribution in [0.5, 0.6) is 5.75 Å². The number of rotatable bonds is 5. The number of ether oxygens (including phenoxy) is 1. The summed E-state index contributed by atoms with van der Waals surface area (Å²) in [6.07, 6.45) is 1.65. The lowest BCUT2D eigenvalue weighted by Crippen LogP contribution is -2.19. The van der Waals surface area contributed by atoms with Crippen molar-refractivity contribution in [3.63, 3.8) is 0 Å². The zero-order chi connectivity index (χ0) is 13.7. The molecule has 5 nitrogen and oxygen atoms in total. The van der Waals surface area contributed by atoms with Crippen molar-refractivity contribution < 1.29 is 4.74 Å². The number of hydrogen-bond acceptors (Lipinski definition) is 5. The lowest BCUT2D eigenvalue weighted by molar-refractivity contribution is 0.261. The molecule has 0 aliphatic rings. The first-order valence-electron chi connectivity index (χ1n) is 6.11. The van der Waals surface area contributed by atoms with Gasteiger partial charge in [0.15, 0.2) is 0 Å². The van der Waals surface area contributed by atoms with Crippen LogP contribution >= 0.6 is 0 Å². The van der Waals surface area contributed by atoms with Gasteiger partial charge in [-0.25, -0.2) is 9.97 Å². The van der Waals surface area contributed by atoms with E-state index in [1.165, 1.54) is 0 Å². The lowest BCUT2D eigenvalue weighted by atomic mass is 10.1. The maximum atomic E-state index is 5.63. The van der Waals surface area contributed by atoms with E-state index in [1.807, 2.05) is 44.4 Å². The largest absolute Gasteiger partial charge is 0.492 e. The van der Waals surface area contributed by atoms with Gasteiger partial charge in [-0.1, -0.05) is 0 Å². The molecule has 19 heavy (non-hydrogen) atoms. The summed E-state index contributed by atoms with van der Waals surface area (Å²) in [5.41, 5.74) is 7.38. The highest BCUT2D eigenvalue weighted by atomic mass is 16.5. The standard InChI is InChI=1S/C14H18N4O/c1-18(2)9-10-19-12-5-3-11(4-6-12)13-7-8-16-14(15)17-13/h3-8H,9-10H2,1-2H3,(H2,15,16,17). The van der Waals surface area contributed by atoms with Crippen LogP contribution in [-0.2, 0) is 0 Å². The molecular weight excluding hydrogens is 240 g/mol. The van der Waals surface area contributed by atoms with E-state index in [1.54, 1.807) is 6.20 Å². The Kier molecular flexibility index (Phi) is 4.30. The van der Waals surface area contributed by atoms with Crippen LogP contribution in [0.1, 0.15) is 0 Å². The molecule has 0 unspecified atom stereocenters. The molecule has 100 valence electrons. The second kappa shape index (κ2) is 6.15. The van der Waals surface area contributed by atoms with E-state index >= 15 is 0 Å². The fourth-order valence-electron chi connectivity index (χ4n) is 1.60. The summed E-state index contributed by atoms with van der Waals surface area (Å²) in [6.45, 7) is 1.57. The summed E-state index contributed by atoms with van der Waals surface area (Å²) in [6, 6.07) is 9.63. The van der Waals surface area contributed by atoms with Gasteiger partial charge in [0.05, 0.1) is 5.69 Å². The summed E-state index contributed by atoms with van der Waals surface area (Å²) in [5.74, 6) is 1.14. The third-order valence-corrected chi connectivity index (χ3v) is 2.63. The Balaban J connectivity index is 2.02. The highest BCUT2D eigenvalue weighted by Crippen LogP contribution is 2.20. The van der Waals surface area contributed by atoms with Gasteiger partial charge in [-0.05, 0) is 44.4 Å². The van der Waals surface area contributed by atoms with Crippen LogP contribution in [0, 0.1) is 0 Å². The van der Waals surface area contributed by atoms with Crippen molar-refractivity contribution in [1.82, 2.24) is 14.9 Å². The molecular formula is C14H18N4O. The van der Waals surface area contributed by atoms with Crippen LogP contribution in [-0.4, -0.2) is 42.1 Å². The maximum Gasteiger partial charge on any atom is 0.220 e. The number of aromatic nitrogens is 2. The molecule has 0 atom stereocenters. The first-order chi connectivity index (χ1) is 9.15. The minimum atomic E-state index is 0.281. The molecule has 0 aliphatic carbocycles. The number of likely N-dealkylation sites (N-methyl/N-ethyl adjacent to an activating group) is 1. The predicted octanol–water partition coefficient (Wildman–Crippen LogP) is 1.67. The zero-order valence-electron chi connectivity index (χ0n) is 11.2. The van der Waals surface area contributed by atoms with Crippen LogP contribution in [0.3, 0.4) is 0 Å². The van der Waals surface area contributed by atoms with Gasteiger partial charge in [0, 0.05) is 18.3 Å². The van der Waals surface area contributed by atoms with Gasteiger partial charge in [-0.2, -0.15) is 0 Å². The van der Waals surface area contributed by atoms with Gasteiger partial charge >= 0.3 is 0 Å². The van der Waals surface area contributed by atoms with Gasteiger partial charge < -0.3 is 15.4 Å². The van der Waals surface area contributed by atoms with E-state index in [9.17, 15) is 0 Å². The fourth-order valence-corrected chi connectivity index (χ4v) is 1.60. The molecule has 2 rings (SSSR count). The average molecular weight is 258 g/mol. The number of nitrogens with zero attached hydrogens (tertiary/aromatic N) is 3. The second-order valence-corrected chi connectivity index (χ2v) is 4.48. The fraction of sp³-hybridized carbons (Fsp3) is 0.286. The van der Waals surface area contributed by atoms with Gasteiger partial charge in [-0.15, -0.1) is 0 Å². The summed E-state index contributed by atoms with van der Waals surface area (Å²) in [7, 11) is 4.04. The van der Waals surface area contributed by atoms with Crippen molar-refractivity contribution in [1.29, 1.82) is 0 Å². The molecule has 0 fully saturated rings. The Labute approximate surface area is 113 Å². The molecule has 2 N–H and O–H groups in total. The van der Waals surface area contributed by atoms with E-state index in [2.05, 4.69) is 14.9 Å². The molecule has 0 radical (unpaired) electrons. The monoisotopic (exact) mass is 258 g/mol. The van der Waals surface area contributed by atoms with E-state index < -0.39 is 0 Å². The first kappa shape index (κ1) is 13.3. The lowest BCUT2D eigenvalue weighted by Gasteiger charge is -2.11. The van der Waals surface area contributed by atoms with Crippen LogP contribution in [0.4, 0.5) is 5.95 Å².